The summed E-state index contributed by atoms with van der Waals surface area (Å²) in [4.78, 5) is 18.4. The van der Waals surface area contributed by atoms with Crippen molar-refractivity contribution in [3.05, 3.63) is 40.8 Å². The first-order chi connectivity index (χ1) is 11.5. The SMILES string of the molecule is Cc1noc(C2CCN(CC(=O)Nc3ccc(F)c(Cl)c3)CC2)n1. The van der Waals surface area contributed by atoms with E-state index in [9.17, 15) is 9.18 Å². The molecule has 1 amide bonds. The Labute approximate surface area is 144 Å². The fourth-order valence-corrected chi connectivity index (χ4v) is 2.98. The van der Waals surface area contributed by atoms with Gasteiger partial charge in [0.2, 0.25) is 11.8 Å². The maximum Gasteiger partial charge on any atom is 0.238 e. The monoisotopic (exact) mass is 352 g/mol. The number of carbonyl (C=O) groups excluding carboxylic acids is 1. The quantitative estimate of drug-likeness (QED) is 0.915. The van der Waals surface area contributed by atoms with Crippen LogP contribution in [-0.2, 0) is 4.79 Å². The van der Waals surface area contributed by atoms with Crippen molar-refractivity contribution in [1.29, 1.82) is 0 Å². The van der Waals surface area contributed by atoms with Crippen molar-refractivity contribution in [3.63, 3.8) is 0 Å². The van der Waals surface area contributed by atoms with Crippen LogP contribution in [0.1, 0.15) is 30.5 Å². The van der Waals surface area contributed by atoms with Crippen molar-refractivity contribution in [2.75, 3.05) is 25.0 Å². The number of aromatic nitrogens is 2. The third-order valence-electron chi connectivity index (χ3n) is 4.05. The summed E-state index contributed by atoms with van der Waals surface area (Å²) >= 11 is 5.71. The number of amides is 1. The Morgan fingerprint density at radius 3 is 2.83 bits per heavy atom. The lowest BCUT2D eigenvalue weighted by molar-refractivity contribution is -0.117. The number of halogens is 2. The predicted molar refractivity (Wildman–Crippen MR) is 87.5 cm³/mol. The molecule has 1 N–H and O–H groups in total. The molecule has 1 saturated heterocycles. The Kier molecular flexibility index (Phi) is 5.11. The van der Waals surface area contributed by atoms with Crippen LogP contribution in [0, 0.1) is 12.7 Å². The highest BCUT2D eigenvalue weighted by atomic mass is 35.5. The minimum absolute atomic E-state index is 0.0107. The molecular weight excluding hydrogens is 335 g/mol. The van der Waals surface area contributed by atoms with E-state index in [2.05, 4.69) is 20.4 Å². The summed E-state index contributed by atoms with van der Waals surface area (Å²) in [6, 6.07) is 4.12. The number of rotatable bonds is 4. The average molecular weight is 353 g/mol. The molecular formula is C16H18ClFN4O2. The molecule has 1 aliphatic rings. The summed E-state index contributed by atoms with van der Waals surface area (Å²) in [5.41, 5.74) is 0.489. The molecule has 0 spiro atoms. The molecule has 2 heterocycles. The molecule has 2 aromatic rings. The van der Waals surface area contributed by atoms with Gasteiger partial charge in [0.15, 0.2) is 5.82 Å². The van der Waals surface area contributed by atoms with Crippen LogP contribution in [-0.4, -0.2) is 40.6 Å². The van der Waals surface area contributed by atoms with Crippen molar-refractivity contribution in [3.8, 4) is 0 Å². The smallest absolute Gasteiger partial charge is 0.238 e. The second-order valence-electron chi connectivity index (χ2n) is 5.91. The van der Waals surface area contributed by atoms with Crippen LogP contribution in [0.5, 0.6) is 0 Å². The second kappa shape index (κ2) is 7.27. The molecule has 3 rings (SSSR count). The summed E-state index contributed by atoms with van der Waals surface area (Å²) in [6.07, 6.45) is 1.74. The number of nitrogens with one attached hydrogen (secondary N) is 1. The van der Waals surface area contributed by atoms with Gasteiger partial charge in [0.25, 0.3) is 0 Å². The van der Waals surface area contributed by atoms with Crippen LogP contribution in [0.25, 0.3) is 0 Å². The summed E-state index contributed by atoms with van der Waals surface area (Å²) in [6.45, 7) is 3.64. The van der Waals surface area contributed by atoms with Gasteiger partial charge in [0, 0.05) is 11.6 Å². The third-order valence-corrected chi connectivity index (χ3v) is 4.34. The van der Waals surface area contributed by atoms with Crippen LogP contribution < -0.4 is 5.32 Å². The van der Waals surface area contributed by atoms with Crippen LogP contribution in [0.15, 0.2) is 22.7 Å². The van der Waals surface area contributed by atoms with Gasteiger partial charge in [-0.1, -0.05) is 16.8 Å². The summed E-state index contributed by atoms with van der Waals surface area (Å²) in [7, 11) is 0. The summed E-state index contributed by atoms with van der Waals surface area (Å²) in [5.74, 6) is 0.918. The van der Waals surface area contributed by atoms with Gasteiger partial charge in [0.1, 0.15) is 5.82 Å². The van der Waals surface area contributed by atoms with E-state index in [0.717, 1.165) is 25.9 Å². The molecule has 0 aliphatic carbocycles. The maximum absolute atomic E-state index is 13.1. The second-order valence-corrected chi connectivity index (χ2v) is 6.31. The minimum atomic E-state index is -0.506. The van der Waals surface area contributed by atoms with Crippen LogP contribution in [0.3, 0.4) is 0 Å². The number of benzene rings is 1. The highest BCUT2D eigenvalue weighted by molar-refractivity contribution is 6.31. The normalized spacial score (nSPS) is 16.3. The number of anilines is 1. The number of nitrogens with zero attached hydrogens (tertiary/aromatic N) is 3. The van der Waals surface area contributed by atoms with Gasteiger partial charge in [-0.15, -0.1) is 0 Å². The van der Waals surface area contributed by atoms with Gasteiger partial charge in [-0.25, -0.2) is 4.39 Å². The average Bonchev–Trinajstić information content (AvgIpc) is 2.98. The number of hydrogen-bond donors (Lipinski definition) is 1. The molecule has 1 aromatic carbocycles. The lowest BCUT2D eigenvalue weighted by Crippen LogP contribution is -2.38. The predicted octanol–water partition coefficient (Wildman–Crippen LogP) is 2.99. The molecule has 1 fully saturated rings. The lowest BCUT2D eigenvalue weighted by atomic mass is 9.97. The summed E-state index contributed by atoms with van der Waals surface area (Å²) in [5, 5.41) is 6.54. The molecule has 0 saturated carbocycles. The number of piperidine rings is 1. The zero-order valence-electron chi connectivity index (χ0n) is 13.3. The molecule has 0 unspecified atom stereocenters. The van der Waals surface area contributed by atoms with Gasteiger partial charge >= 0.3 is 0 Å². The first-order valence-electron chi connectivity index (χ1n) is 7.79. The number of carbonyl (C=O) groups is 1. The van der Waals surface area contributed by atoms with E-state index in [1.807, 2.05) is 0 Å². The molecule has 1 aromatic heterocycles. The Balaban J connectivity index is 1.48. The molecule has 8 heteroatoms. The maximum atomic E-state index is 13.1. The zero-order valence-corrected chi connectivity index (χ0v) is 14.0. The van der Waals surface area contributed by atoms with Crippen molar-refractivity contribution >= 4 is 23.2 Å². The van der Waals surface area contributed by atoms with E-state index >= 15 is 0 Å². The molecule has 0 bridgehead atoms. The Morgan fingerprint density at radius 1 is 1.46 bits per heavy atom. The summed E-state index contributed by atoms with van der Waals surface area (Å²) < 4.78 is 18.3. The van der Waals surface area contributed by atoms with E-state index in [-0.39, 0.29) is 23.4 Å². The Hall–Kier alpha value is -1.99. The fourth-order valence-electron chi connectivity index (χ4n) is 2.79. The first-order valence-corrected chi connectivity index (χ1v) is 8.16. The van der Waals surface area contributed by atoms with Crippen molar-refractivity contribution in [2.45, 2.75) is 25.7 Å². The molecule has 1 aliphatic heterocycles. The van der Waals surface area contributed by atoms with Gasteiger partial charge in [-0.2, -0.15) is 4.98 Å². The lowest BCUT2D eigenvalue weighted by Gasteiger charge is -2.29. The van der Waals surface area contributed by atoms with Crippen LogP contribution >= 0.6 is 11.6 Å². The van der Waals surface area contributed by atoms with E-state index < -0.39 is 5.82 Å². The van der Waals surface area contributed by atoms with Gasteiger partial charge in [-0.3, -0.25) is 9.69 Å². The Morgan fingerprint density at radius 2 is 2.21 bits per heavy atom. The fraction of sp³-hybridized carbons (Fsp3) is 0.438. The van der Waals surface area contributed by atoms with Gasteiger partial charge in [-0.05, 0) is 51.1 Å². The standard InChI is InChI=1S/C16H18ClFN4O2/c1-10-19-16(24-21-10)11-4-6-22(7-5-11)9-15(23)20-12-2-3-14(18)13(17)8-12/h2-3,8,11H,4-7,9H2,1H3,(H,20,23). The van der Waals surface area contributed by atoms with Crippen molar-refractivity contribution in [1.82, 2.24) is 15.0 Å². The molecule has 0 radical (unpaired) electrons. The van der Waals surface area contributed by atoms with E-state index in [1.165, 1.54) is 18.2 Å². The zero-order chi connectivity index (χ0) is 17.1. The van der Waals surface area contributed by atoms with Crippen molar-refractivity contribution in [2.24, 2.45) is 0 Å². The number of hydrogen-bond acceptors (Lipinski definition) is 5. The number of aryl methyl sites for hydroxylation is 1. The molecule has 128 valence electrons. The van der Waals surface area contributed by atoms with E-state index in [1.54, 1.807) is 6.92 Å². The van der Waals surface area contributed by atoms with E-state index in [4.69, 9.17) is 16.1 Å². The largest absolute Gasteiger partial charge is 0.339 e. The van der Waals surface area contributed by atoms with Gasteiger partial charge in [0.05, 0.1) is 11.6 Å². The molecule has 0 atom stereocenters. The Bertz CT molecular complexity index is 729. The van der Waals surface area contributed by atoms with Crippen molar-refractivity contribution < 1.29 is 13.7 Å². The van der Waals surface area contributed by atoms with Crippen LogP contribution in [0.4, 0.5) is 10.1 Å². The van der Waals surface area contributed by atoms with E-state index in [0.29, 0.717) is 17.4 Å². The topological polar surface area (TPSA) is 71.3 Å². The first kappa shape index (κ1) is 16.9. The molecule has 24 heavy (non-hydrogen) atoms. The minimum Gasteiger partial charge on any atom is -0.339 e. The highest BCUT2D eigenvalue weighted by Crippen LogP contribution is 2.26. The molecule has 6 nitrogen and oxygen atoms in total. The van der Waals surface area contributed by atoms with Gasteiger partial charge < -0.3 is 9.84 Å². The number of likely N-dealkylation sites (tertiary alicyclic amines) is 1. The third kappa shape index (κ3) is 4.10. The highest BCUT2D eigenvalue weighted by Gasteiger charge is 2.25. The van der Waals surface area contributed by atoms with Crippen LogP contribution in [0.2, 0.25) is 5.02 Å².